The van der Waals surface area contributed by atoms with Gasteiger partial charge in [0, 0.05) is 37.6 Å². The summed E-state index contributed by atoms with van der Waals surface area (Å²) >= 11 is 6.26. The molecule has 1 fully saturated rings. The van der Waals surface area contributed by atoms with Gasteiger partial charge < -0.3 is 15.0 Å². The summed E-state index contributed by atoms with van der Waals surface area (Å²) in [6, 6.07) is 12.3. The molecule has 0 saturated carbocycles. The lowest BCUT2D eigenvalue weighted by molar-refractivity contribution is 0.0943. The van der Waals surface area contributed by atoms with E-state index in [4.69, 9.17) is 16.3 Å². The fourth-order valence-corrected chi connectivity index (χ4v) is 3.55. The van der Waals surface area contributed by atoms with Crippen molar-refractivity contribution in [3.63, 3.8) is 0 Å². The van der Waals surface area contributed by atoms with Gasteiger partial charge in [0.1, 0.15) is 5.82 Å². The van der Waals surface area contributed by atoms with Crippen molar-refractivity contribution in [2.75, 3.05) is 31.2 Å². The maximum atomic E-state index is 12.7. The monoisotopic (exact) mass is 439 g/mol. The minimum absolute atomic E-state index is 0.191. The van der Waals surface area contributed by atoms with Gasteiger partial charge in [0.15, 0.2) is 5.69 Å². The van der Waals surface area contributed by atoms with Crippen molar-refractivity contribution < 1.29 is 9.53 Å². The Morgan fingerprint density at radius 2 is 1.97 bits per heavy atom. The molecule has 2 aromatic heterocycles. The van der Waals surface area contributed by atoms with E-state index in [9.17, 15) is 9.59 Å². The number of halogens is 1. The predicted molar refractivity (Wildman–Crippen MR) is 118 cm³/mol. The lowest BCUT2D eigenvalue weighted by Crippen LogP contribution is -2.36. The van der Waals surface area contributed by atoms with Gasteiger partial charge in [0.25, 0.3) is 5.91 Å². The number of anilines is 1. The summed E-state index contributed by atoms with van der Waals surface area (Å²) in [5.74, 6) is 0.323. The molecule has 1 aliphatic rings. The van der Waals surface area contributed by atoms with Crippen LogP contribution in [-0.4, -0.2) is 47.0 Å². The number of morpholine rings is 1. The molecule has 3 aromatic rings. The van der Waals surface area contributed by atoms with Gasteiger partial charge in [-0.3, -0.25) is 9.59 Å². The van der Waals surface area contributed by atoms with E-state index in [1.165, 1.54) is 10.7 Å². The number of hydrogen-bond acceptors (Lipinski definition) is 6. The van der Waals surface area contributed by atoms with Gasteiger partial charge in [-0.05, 0) is 30.7 Å². The van der Waals surface area contributed by atoms with Gasteiger partial charge in [-0.1, -0.05) is 29.8 Å². The second-order valence-corrected chi connectivity index (χ2v) is 7.58. The Hall–Kier alpha value is -3.23. The van der Waals surface area contributed by atoms with Gasteiger partial charge in [-0.25, -0.2) is 9.67 Å². The summed E-state index contributed by atoms with van der Waals surface area (Å²) in [7, 11) is 0. The summed E-state index contributed by atoms with van der Waals surface area (Å²) in [6.45, 7) is 4.96. The third-order valence-corrected chi connectivity index (χ3v) is 5.32. The Morgan fingerprint density at radius 3 is 2.68 bits per heavy atom. The van der Waals surface area contributed by atoms with Crippen molar-refractivity contribution in [2.45, 2.75) is 13.5 Å². The van der Waals surface area contributed by atoms with Crippen molar-refractivity contribution in [2.24, 2.45) is 0 Å². The first kappa shape index (κ1) is 21.0. The SMILES string of the molecule is Cc1cc(=O)c(C(=O)NCc2ccc(N3CCOCC3)nc2)nn1-c1ccccc1Cl. The van der Waals surface area contributed by atoms with Crippen molar-refractivity contribution in [3.05, 3.63) is 80.9 Å². The molecular formula is C22H22ClN5O3. The quantitative estimate of drug-likeness (QED) is 0.656. The topological polar surface area (TPSA) is 89.3 Å². The molecule has 0 spiro atoms. The first-order valence-electron chi connectivity index (χ1n) is 9.94. The van der Waals surface area contributed by atoms with Gasteiger partial charge in [0.2, 0.25) is 5.43 Å². The van der Waals surface area contributed by atoms with Crippen LogP contribution in [0.2, 0.25) is 5.02 Å². The second-order valence-electron chi connectivity index (χ2n) is 7.17. The van der Waals surface area contributed by atoms with Crippen LogP contribution < -0.4 is 15.6 Å². The molecule has 0 bridgehead atoms. The zero-order chi connectivity index (χ0) is 21.8. The highest BCUT2D eigenvalue weighted by Crippen LogP contribution is 2.19. The summed E-state index contributed by atoms with van der Waals surface area (Å²) in [5.41, 5.74) is 1.36. The molecule has 1 aliphatic heterocycles. The van der Waals surface area contributed by atoms with E-state index < -0.39 is 11.3 Å². The zero-order valence-corrected chi connectivity index (χ0v) is 17.8. The first-order valence-corrected chi connectivity index (χ1v) is 10.3. The van der Waals surface area contributed by atoms with Crippen molar-refractivity contribution in [1.29, 1.82) is 0 Å². The Morgan fingerprint density at radius 1 is 1.19 bits per heavy atom. The number of pyridine rings is 1. The lowest BCUT2D eigenvalue weighted by Gasteiger charge is -2.27. The summed E-state index contributed by atoms with van der Waals surface area (Å²) in [6.07, 6.45) is 1.72. The Bertz CT molecular complexity index is 1140. The summed E-state index contributed by atoms with van der Waals surface area (Å²) in [4.78, 5) is 31.7. The number of para-hydroxylation sites is 1. The van der Waals surface area contributed by atoms with Gasteiger partial charge in [-0.15, -0.1) is 0 Å². The molecule has 0 aliphatic carbocycles. The molecule has 1 saturated heterocycles. The average Bonchev–Trinajstić information content (AvgIpc) is 2.79. The standard InChI is InChI=1S/C22H22ClN5O3/c1-15-12-19(29)21(26-28(15)18-5-3-2-4-17(18)23)22(30)25-14-16-6-7-20(24-13-16)27-8-10-31-11-9-27/h2-7,12-13H,8-11,14H2,1H3,(H,25,30). The molecule has 0 radical (unpaired) electrons. The van der Waals surface area contributed by atoms with E-state index in [1.807, 2.05) is 18.2 Å². The Labute approximate surface area is 184 Å². The van der Waals surface area contributed by atoms with Crippen LogP contribution in [0.4, 0.5) is 5.82 Å². The van der Waals surface area contributed by atoms with E-state index in [0.29, 0.717) is 29.6 Å². The molecule has 31 heavy (non-hydrogen) atoms. The largest absolute Gasteiger partial charge is 0.378 e. The van der Waals surface area contributed by atoms with Crippen LogP contribution in [0.25, 0.3) is 5.69 Å². The maximum absolute atomic E-state index is 12.7. The highest BCUT2D eigenvalue weighted by Gasteiger charge is 2.17. The number of carbonyl (C=O) groups is 1. The van der Waals surface area contributed by atoms with Crippen LogP contribution in [0.3, 0.4) is 0 Å². The normalized spacial score (nSPS) is 13.8. The zero-order valence-electron chi connectivity index (χ0n) is 17.0. The maximum Gasteiger partial charge on any atom is 0.276 e. The van der Waals surface area contributed by atoms with Crippen LogP contribution in [-0.2, 0) is 11.3 Å². The minimum atomic E-state index is -0.553. The third kappa shape index (κ3) is 4.76. The van der Waals surface area contributed by atoms with Gasteiger partial charge in [0.05, 0.1) is 23.9 Å². The molecule has 1 aromatic carbocycles. The minimum Gasteiger partial charge on any atom is -0.378 e. The number of nitrogens with zero attached hydrogens (tertiary/aromatic N) is 4. The first-order chi connectivity index (χ1) is 15.0. The predicted octanol–water partition coefficient (Wildman–Crippen LogP) is 2.36. The molecule has 1 amide bonds. The highest BCUT2D eigenvalue weighted by atomic mass is 35.5. The van der Waals surface area contributed by atoms with Crippen molar-refractivity contribution in [3.8, 4) is 5.69 Å². The van der Waals surface area contributed by atoms with Crippen LogP contribution in [0, 0.1) is 6.92 Å². The number of aryl methyl sites for hydroxylation is 1. The smallest absolute Gasteiger partial charge is 0.276 e. The number of ether oxygens (including phenoxy) is 1. The summed E-state index contributed by atoms with van der Waals surface area (Å²) < 4.78 is 6.85. The van der Waals surface area contributed by atoms with Gasteiger partial charge >= 0.3 is 0 Å². The number of rotatable bonds is 5. The van der Waals surface area contributed by atoms with Crippen LogP contribution in [0.5, 0.6) is 0 Å². The molecule has 160 valence electrons. The number of nitrogens with one attached hydrogen (secondary N) is 1. The Kier molecular flexibility index (Phi) is 6.29. The molecule has 3 heterocycles. The van der Waals surface area contributed by atoms with E-state index >= 15 is 0 Å². The van der Waals surface area contributed by atoms with Crippen LogP contribution >= 0.6 is 11.6 Å². The highest BCUT2D eigenvalue weighted by molar-refractivity contribution is 6.32. The number of hydrogen-bond donors (Lipinski definition) is 1. The average molecular weight is 440 g/mol. The molecule has 0 atom stereocenters. The van der Waals surface area contributed by atoms with Crippen molar-refractivity contribution >= 4 is 23.3 Å². The van der Waals surface area contributed by atoms with E-state index in [0.717, 1.165) is 24.5 Å². The van der Waals surface area contributed by atoms with Gasteiger partial charge in [-0.2, -0.15) is 5.10 Å². The Balaban J connectivity index is 1.48. The molecule has 1 N–H and O–H groups in total. The lowest BCUT2D eigenvalue weighted by atomic mass is 10.2. The molecule has 0 unspecified atom stereocenters. The molecule has 4 rings (SSSR count). The number of amides is 1. The number of carbonyl (C=O) groups excluding carboxylic acids is 1. The van der Waals surface area contributed by atoms with Crippen LogP contribution in [0.15, 0.2) is 53.5 Å². The summed E-state index contributed by atoms with van der Waals surface area (Å²) in [5, 5.41) is 7.48. The number of aromatic nitrogens is 3. The molecule has 8 nitrogen and oxygen atoms in total. The number of benzene rings is 1. The van der Waals surface area contributed by atoms with E-state index in [1.54, 1.807) is 31.3 Å². The fraction of sp³-hybridized carbons (Fsp3) is 0.273. The third-order valence-electron chi connectivity index (χ3n) is 5.00. The van der Waals surface area contributed by atoms with E-state index in [-0.39, 0.29) is 12.2 Å². The van der Waals surface area contributed by atoms with E-state index in [2.05, 4.69) is 20.3 Å². The molecule has 9 heteroatoms. The second kappa shape index (κ2) is 9.28. The fourth-order valence-electron chi connectivity index (χ4n) is 3.34. The van der Waals surface area contributed by atoms with Crippen LogP contribution in [0.1, 0.15) is 21.7 Å². The molecular weight excluding hydrogens is 418 g/mol. The van der Waals surface area contributed by atoms with Crippen molar-refractivity contribution in [1.82, 2.24) is 20.1 Å².